The van der Waals surface area contributed by atoms with Gasteiger partial charge in [0.2, 0.25) is 5.91 Å². The SMILES string of the molecule is Cl.Cl.O=C(CNCC1CCCO1)NCc1ccccc1CN1CCOCC1. The fourth-order valence-corrected chi connectivity index (χ4v) is 3.29. The van der Waals surface area contributed by atoms with E-state index in [2.05, 4.69) is 33.7 Å². The Morgan fingerprint density at radius 2 is 1.85 bits per heavy atom. The molecule has 1 aromatic rings. The molecule has 27 heavy (non-hydrogen) atoms. The Labute approximate surface area is 174 Å². The number of morpholine rings is 1. The summed E-state index contributed by atoms with van der Waals surface area (Å²) in [4.78, 5) is 14.4. The number of nitrogens with one attached hydrogen (secondary N) is 2. The van der Waals surface area contributed by atoms with Crippen molar-refractivity contribution in [1.82, 2.24) is 15.5 Å². The minimum absolute atomic E-state index is 0. The van der Waals surface area contributed by atoms with E-state index in [-0.39, 0.29) is 36.8 Å². The fraction of sp³-hybridized carbons (Fsp3) is 0.632. The Hall–Kier alpha value is -0.890. The van der Waals surface area contributed by atoms with E-state index in [1.54, 1.807) is 0 Å². The molecule has 1 unspecified atom stereocenters. The van der Waals surface area contributed by atoms with Crippen LogP contribution < -0.4 is 10.6 Å². The summed E-state index contributed by atoms with van der Waals surface area (Å²) in [6.45, 7) is 6.95. The number of halogens is 2. The Morgan fingerprint density at radius 1 is 1.11 bits per heavy atom. The molecule has 1 amide bonds. The van der Waals surface area contributed by atoms with Gasteiger partial charge in [-0.1, -0.05) is 24.3 Å². The molecule has 154 valence electrons. The van der Waals surface area contributed by atoms with E-state index in [1.807, 2.05) is 6.07 Å². The second-order valence-corrected chi connectivity index (χ2v) is 6.70. The van der Waals surface area contributed by atoms with Crippen LogP contribution in [0.2, 0.25) is 0 Å². The summed E-state index contributed by atoms with van der Waals surface area (Å²) in [5.41, 5.74) is 2.46. The number of carbonyl (C=O) groups is 1. The van der Waals surface area contributed by atoms with Gasteiger partial charge in [0, 0.05) is 39.3 Å². The molecule has 1 aromatic carbocycles. The molecule has 2 N–H and O–H groups in total. The number of hydrogen-bond donors (Lipinski definition) is 2. The van der Waals surface area contributed by atoms with Crippen LogP contribution in [0.5, 0.6) is 0 Å². The highest BCUT2D eigenvalue weighted by Gasteiger charge is 2.15. The molecule has 2 fully saturated rings. The van der Waals surface area contributed by atoms with Crippen molar-refractivity contribution < 1.29 is 14.3 Å². The number of ether oxygens (including phenoxy) is 2. The highest BCUT2D eigenvalue weighted by Crippen LogP contribution is 2.13. The van der Waals surface area contributed by atoms with Crippen LogP contribution in [0.4, 0.5) is 0 Å². The summed E-state index contributed by atoms with van der Waals surface area (Å²) in [5.74, 6) is 0.0270. The minimum atomic E-state index is 0. The highest BCUT2D eigenvalue weighted by molar-refractivity contribution is 5.85. The van der Waals surface area contributed by atoms with Gasteiger partial charge in [0.05, 0.1) is 25.9 Å². The van der Waals surface area contributed by atoms with Crippen molar-refractivity contribution in [2.45, 2.75) is 32.0 Å². The van der Waals surface area contributed by atoms with Crippen molar-refractivity contribution >= 4 is 30.7 Å². The monoisotopic (exact) mass is 419 g/mol. The third-order valence-electron chi connectivity index (χ3n) is 4.77. The van der Waals surface area contributed by atoms with Gasteiger partial charge in [0.1, 0.15) is 0 Å². The maximum atomic E-state index is 12.1. The summed E-state index contributed by atoms with van der Waals surface area (Å²) in [5, 5.41) is 6.20. The van der Waals surface area contributed by atoms with Gasteiger partial charge in [-0.15, -0.1) is 24.8 Å². The average molecular weight is 420 g/mol. The van der Waals surface area contributed by atoms with Crippen LogP contribution in [0, 0.1) is 0 Å². The molecular formula is C19H31Cl2N3O3. The average Bonchev–Trinajstić information content (AvgIpc) is 3.15. The second kappa shape index (κ2) is 13.3. The third kappa shape index (κ3) is 8.34. The molecule has 0 spiro atoms. The van der Waals surface area contributed by atoms with Crippen LogP contribution in [0.15, 0.2) is 24.3 Å². The fourth-order valence-electron chi connectivity index (χ4n) is 3.29. The predicted octanol–water partition coefficient (Wildman–Crippen LogP) is 1.75. The molecule has 0 radical (unpaired) electrons. The van der Waals surface area contributed by atoms with E-state index in [4.69, 9.17) is 9.47 Å². The Bertz CT molecular complexity index is 551. The quantitative estimate of drug-likeness (QED) is 0.671. The molecule has 6 nitrogen and oxygen atoms in total. The van der Waals surface area contributed by atoms with E-state index >= 15 is 0 Å². The smallest absolute Gasteiger partial charge is 0.234 e. The lowest BCUT2D eigenvalue weighted by Gasteiger charge is -2.27. The van der Waals surface area contributed by atoms with E-state index in [9.17, 15) is 4.79 Å². The lowest BCUT2D eigenvalue weighted by atomic mass is 10.1. The maximum absolute atomic E-state index is 12.1. The predicted molar refractivity (Wildman–Crippen MR) is 111 cm³/mol. The zero-order valence-corrected chi connectivity index (χ0v) is 17.3. The number of hydrogen-bond acceptors (Lipinski definition) is 5. The minimum Gasteiger partial charge on any atom is -0.379 e. The Morgan fingerprint density at radius 3 is 2.56 bits per heavy atom. The number of nitrogens with zero attached hydrogens (tertiary/aromatic N) is 1. The zero-order valence-electron chi connectivity index (χ0n) is 15.7. The van der Waals surface area contributed by atoms with Crippen LogP contribution >= 0.6 is 24.8 Å². The summed E-state index contributed by atoms with van der Waals surface area (Å²) < 4.78 is 11.0. The number of benzene rings is 1. The number of rotatable bonds is 8. The van der Waals surface area contributed by atoms with Gasteiger partial charge in [-0.05, 0) is 24.0 Å². The first-order valence-corrected chi connectivity index (χ1v) is 9.27. The van der Waals surface area contributed by atoms with Gasteiger partial charge in [-0.25, -0.2) is 0 Å². The van der Waals surface area contributed by atoms with Gasteiger partial charge in [-0.2, -0.15) is 0 Å². The van der Waals surface area contributed by atoms with Crippen LogP contribution in [-0.2, 0) is 27.4 Å². The molecule has 8 heteroatoms. The van der Waals surface area contributed by atoms with Crippen LogP contribution in [0.25, 0.3) is 0 Å². The summed E-state index contributed by atoms with van der Waals surface area (Å²) in [6.07, 6.45) is 2.48. The van der Waals surface area contributed by atoms with Crippen molar-refractivity contribution in [3.8, 4) is 0 Å². The third-order valence-corrected chi connectivity index (χ3v) is 4.77. The number of amides is 1. The van der Waals surface area contributed by atoms with E-state index < -0.39 is 0 Å². The topological polar surface area (TPSA) is 62.8 Å². The van der Waals surface area contributed by atoms with Crippen molar-refractivity contribution in [3.05, 3.63) is 35.4 Å². The first-order valence-electron chi connectivity index (χ1n) is 9.27. The molecule has 3 rings (SSSR count). The van der Waals surface area contributed by atoms with Crippen LogP contribution in [0.3, 0.4) is 0 Å². The van der Waals surface area contributed by atoms with Crippen LogP contribution in [-0.4, -0.2) is 62.9 Å². The van der Waals surface area contributed by atoms with E-state index in [1.165, 1.54) is 11.1 Å². The van der Waals surface area contributed by atoms with Gasteiger partial charge in [-0.3, -0.25) is 9.69 Å². The zero-order chi connectivity index (χ0) is 17.3. The van der Waals surface area contributed by atoms with E-state index in [0.717, 1.165) is 58.8 Å². The summed E-state index contributed by atoms with van der Waals surface area (Å²) in [6, 6.07) is 8.33. The van der Waals surface area contributed by atoms with Crippen molar-refractivity contribution in [3.63, 3.8) is 0 Å². The standard InChI is InChI=1S/C19H29N3O3.2ClH/c23-19(14-20-13-18-6-3-9-25-18)21-12-16-4-1-2-5-17(16)15-22-7-10-24-11-8-22;;/h1-2,4-5,18,20H,3,6-15H2,(H,21,23);2*1H. The van der Waals surface area contributed by atoms with Crippen molar-refractivity contribution in [2.24, 2.45) is 0 Å². The lowest BCUT2D eigenvalue weighted by Crippen LogP contribution is -2.37. The normalized spacial score (nSPS) is 19.8. The Kier molecular flexibility index (Phi) is 11.9. The number of carbonyl (C=O) groups excluding carboxylic acids is 1. The molecule has 2 aliphatic rings. The van der Waals surface area contributed by atoms with Crippen molar-refractivity contribution in [1.29, 1.82) is 0 Å². The molecule has 0 saturated carbocycles. The van der Waals surface area contributed by atoms with Gasteiger partial charge < -0.3 is 20.1 Å². The largest absolute Gasteiger partial charge is 0.379 e. The molecular weight excluding hydrogens is 389 g/mol. The summed E-state index contributed by atoms with van der Waals surface area (Å²) in [7, 11) is 0. The van der Waals surface area contributed by atoms with Gasteiger partial charge in [0.25, 0.3) is 0 Å². The summed E-state index contributed by atoms with van der Waals surface area (Å²) >= 11 is 0. The first-order chi connectivity index (χ1) is 12.3. The van der Waals surface area contributed by atoms with E-state index in [0.29, 0.717) is 13.1 Å². The second-order valence-electron chi connectivity index (χ2n) is 6.70. The molecule has 2 heterocycles. The first kappa shape index (κ1) is 24.1. The van der Waals surface area contributed by atoms with Gasteiger partial charge >= 0.3 is 0 Å². The molecule has 2 aliphatic heterocycles. The Balaban J connectivity index is 0.00000182. The highest BCUT2D eigenvalue weighted by atomic mass is 35.5. The van der Waals surface area contributed by atoms with Crippen molar-refractivity contribution in [2.75, 3.05) is 46.0 Å². The molecule has 0 aromatic heterocycles. The lowest BCUT2D eigenvalue weighted by molar-refractivity contribution is -0.120. The molecule has 0 bridgehead atoms. The van der Waals surface area contributed by atoms with Gasteiger partial charge in [0.15, 0.2) is 0 Å². The maximum Gasteiger partial charge on any atom is 0.234 e. The van der Waals surface area contributed by atoms with Crippen LogP contribution in [0.1, 0.15) is 24.0 Å². The molecule has 2 saturated heterocycles. The molecule has 0 aliphatic carbocycles. The molecule has 1 atom stereocenters.